The van der Waals surface area contributed by atoms with Crippen molar-refractivity contribution in [3.8, 4) is 11.1 Å². The van der Waals surface area contributed by atoms with E-state index >= 15 is 0 Å². The monoisotopic (exact) mass is 636 g/mol. The van der Waals surface area contributed by atoms with Gasteiger partial charge in [0.25, 0.3) is 5.56 Å². The Morgan fingerprint density at radius 3 is 2.57 bits per heavy atom. The van der Waals surface area contributed by atoms with Gasteiger partial charge in [0, 0.05) is 80.9 Å². The molecule has 4 aromatic heterocycles. The third kappa shape index (κ3) is 6.33. The molecule has 5 heterocycles. The fraction of sp³-hybridized carbons (Fsp3) is 0.389. The molecule has 1 aliphatic heterocycles. The zero-order chi connectivity index (χ0) is 33.5. The summed E-state index contributed by atoms with van der Waals surface area (Å²) >= 11 is 0. The minimum atomic E-state index is -0.263. The molecule has 246 valence electrons. The van der Waals surface area contributed by atoms with E-state index in [1.165, 1.54) is 10.1 Å². The molecule has 4 aromatic rings. The fourth-order valence-corrected chi connectivity index (χ4v) is 7.08. The van der Waals surface area contributed by atoms with Crippen LogP contribution in [0.3, 0.4) is 0 Å². The van der Waals surface area contributed by atoms with Crippen LogP contribution >= 0.6 is 0 Å². The Balaban J connectivity index is 1.28. The van der Waals surface area contributed by atoms with Crippen molar-refractivity contribution < 1.29 is 9.90 Å². The van der Waals surface area contributed by atoms with E-state index in [-0.39, 0.29) is 17.6 Å². The van der Waals surface area contributed by atoms with Gasteiger partial charge in [-0.1, -0.05) is 13.8 Å². The van der Waals surface area contributed by atoms with Crippen molar-refractivity contribution in [3.63, 3.8) is 0 Å². The van der Waals surface area contributed by atoms with Crippen LogP contribution in [0, 0.1) is 5.41 Å². The maximum atomic E-state index is 13.2. The number of hydrogen-bond donors (Lipinski definition) is 3. The van der Waals surface area contributed by atoms with Gasteiger partial charge in [0.05, 0.1) is 24.2 Å². The number of fused-ring (bicyclic) bond motifs is 1. The molecule has 1 aliphatic carbocycles. The second-order valence-electron chi connectivity index (χ2n) is 13.6. The van der Waals surface area contributed by atoms with Gasteiger partial charge in [0.2, 0.25) is 0 Å². The Morgan fingerprint density at radius 2 is 1.89 bits per heavy atom. The molecule has 0 unspecified atom stereocenters. The Morgan fingerprint density at radius 1 is 1.13 bits per heavy atom. The molecule has 11 heteroatoms. The highest BCUT2D eigenvalue weighted by molar-refractivity contribution is 5.77. The number of hydrogen-bond acceptors (Lipinski definition) is 9. The summed E-state index contributed by atoms with van der Waals surface area (Å²) < 4.78 is 3.47. The van der Waals surface area contributed by atoms with Crippen LogP contribution in [0.1, 0.15) is 55.0 Å². The van der Waals surface area contributed by atoms with Gasteiger partial charge < -0.3 is 34.7 Å². The highest BCUT2D eigenvalue weighted by Gasteiger charge is 2.32. The summed E-state index contributed by atoms with van der Waals surface area (Å²) in [6.07, 6.45) is 11.7. The first-order chi connectivity index (χ1) is 22.5. The SMILES string of the molecule is C[C@H]1CNC[C@H](C)N1c1ccc(Nc2cc(-c3ccnc(N(C)/C=C\n4c(C=O)cc5c4CC(C)(C)C5)c3CO)cn(C)c2=O)nc1. The molecule has 0 saturated carbocycles. The number of aliphatic hydroxyl groups is 1. The van der Waals surface area contributed by atoms with E-state index in [2.05, 4.69) is 53.2 Å². The number of nitrogens with one attached hydrogen (secondary N) is 2. The number of carbonyl (C=O) groups is 1. The summed E-state index contributed by atoms with van der Waals surface area (Å²) in [6, 6.07) is 10.2. The number of aliphatic hydroxyl groups excluding tert-OH is 1. The standard InChI is InChI=1S/C36H44N8O3/c1-23-17-37-18-24(2)44(23)27-7-8-33(39-19-27)40-31-14-26(20-42(6)35(31)47)29-9-10-38-34(30(29)22-46)41(5)11-12-43-28(21-45)13-25-15-36(3,4)16-32(25)43/h7-14,19-21,23-24,37,46H,15-18,22H2,1-6H3,(H,39,40)/b12-11-/t23-,24-/m0/s1. The number of aromatic nitrogens is 4. The smallest absolute Gasteiger partial charge is 0.274 e. The second-order valence-corrected chi connectivity index (χ2v) is 13.6. The zero-order valence-corrected chi connectivity index (χ0v) is 28.0. The minimum absolute atomic E-state index is 0.152. The van der Waals surface area contributed by atoms with Gasteiger partial charge >= 0.3 is 0 Å². The summed E-state index contributed by atoms with van der Waals surface area (Å²) in [5, 5.41) is 17.3. The number of aryl methyl sites for hydroxylation is 1. The molecule has 47 heavy (non-hydrogen) atoms. The van der Waals surface area contributed by atoms with Crippen LogP contribution in [0.2, 0.25) is 0 Å². The Kier molecular flexibility index (Phi) is 8.78. The number of pyridine rings is 3. The molecule has 2 aliphatic rings. The summed E-state index contributed by atoms with van der Waals surface area (Å²) in [6.45, 7) is 10.4. The van der Waals surface area contributed by atoms with E-state index in [4.69, 9.17) is 0 Å². The van der Waals surface area contributed by atoms with E-state index in [1.807, 2.05) is 59.4 Å². The second kappa shape index (κ2) is 12.8. The normalized spacial score (nSPS) is 18.8. The highest BCUT2D eigenvalue weighted by Crippen LogP contribution is 2.38. The molecule has 0 aromatic carbocycles. The minimum Gasteiger partial charge on any atom is -0.392 e. The zero-order valence-electron chi connectivity index (χ0n) is 28.0. The number of rotatable bonds is 9. The largest absolute Gasteiger partial charge is 0.392 e. The Bertz CT molecular complexity index is 1860. The van der Waals surface area contributed by atoms with E-state index in [0.29, 0.717) is 40.7 Å². The van der Waals surface area contributed by atoms with Crippen molar-refractivity contribution in [3.05, 3.63) is 88.0 Å². The quantitative estimate of drug-likeness (QED) is 0.227. The molecule has 3 N–H and O–H groups in total. The van der Waals surface area contributed by atoms with Crippen molar-refractivity contribution in [2.24, 2.45) is 12.5 Å². The maximum Gasteiger partial charge on any atom is 0.274 e. The molecule has 6 rings (SSSR count). The topological polar surface area (TPSA) is 121 Å². The molecular weight excluding hydrogens is 592 g/mol. The third-order valence-corrected chi connectivity index (χ3v) is 9.29. The molecule has 0 spiro atoms. The molecule has 2 atom stereocenters. The maximum absolute atomic E-state index is 13.2. The number of piperazine rings is 1. The van der Waals surface area contributed by atoms with Crippen molar-refractivity contribution in [2.45, 2.75) is 59.2 Å². The number of carbonyl (C=O) groups excluding carboxylic acids is 1. The van der Waals surface area contributed by atoms with E-state index in [0.717, 1.165) is 54.7 Å². The fourth-order valence-electron chi connectivity index (χ4n) is 7.08. The predicted octanol–water partition coefficient (Wildman–Crippen LogP) is 4.57. The van der Waals surface area contributed by atoms with Gasteiger partial charge in [-0.05, 0) is 73.6 Å². The van der Waals surface area contributed by atoms with Crippen LogP contribution in [0.15, 0.2) is 59.9 Å². The number of anilines is 4. The lowest BCUT2D eigenvalue weighted by Gasteiger charge is -2.41. The molecule has 0 amide bonds. The molecule has 0 bridgehead atoms. The number of nitrogens with zero attached hydrogens (tertiary/aromatic N) is 6. The lowest BCUT2D eigenvalue weighted by Crippen LogP contribution is -2.55. The van der Waals surface area contributed by atoms with Gasteiger partial charge in [-0.25, -0.2) is 9.97 Å². The molecule has 1 fully saturated rings. The van der Waals surface area contributed by atoms with Crippen LogP contribution in [-0.4, -0.2) is 62.7 Å². The van der Waals surface area contributed by atoms with Gasteiger partial charge in [-0.15, -0.1) is 0 Å². The van der Waals surface area contributed by atoms with Gasteiger partial charge in [0.15, 0.2) is 6.29 Å². The van der Waals surface area contributed by atoms with Gasteiger partial charge in [0.1, 0.15) is 17.3 Å². The highest BCUT2D eigenvalue weighted by atomic mass is 16.3. The third-order valence-electron chi connectivity index (χ3n) is 9.29. The molecule has 1 saturated heterocycles. The van der Waals surface area contributed by atoms with E-state index < -0.39 is 0 Å². The van der Waals surface area contributed by atoms with Crippen LogP contribution in [0.25, 0.3) is 17.3 Å². The Hall–Kier alpha value is -4.74. The Labute approximate surface area is 275 Å². The summed E-state index contributed by atoms with van der Waals surface area (Å²) in [5.41, 5.74) is 6.43. The van der Waals surface area contributed by atoms with Crippen molar-refractivity contribution in [2.75, 3.05) is 35.3 Å². The van der Waals surface area contributed by atoms with Gasteiger partial charge in [-0.2, -0.15) is 0 Å². The first kappa shape index (κ1) is 32.2. The average Bonchev–Trinajstić information content (AvgIpc) is 3.52. The average molecular weight is 637 g/mol. The van der Waals surface area contributed by atoms with E-state index in [9.17, 15) is 14.7 Å². The van der Waals surface area contributed by atoms with E-state index in [1.54, 1.807) is 25.5 Å². The summed E-state index contributed by atoms with van der Waals surface area (Å²) in [7, 11) is 3.57. The lowest BCUT2D eigenvalue weighted by atomic mass is 9.90. The number of aldehydes is 1. The summed E-state index contributed by atoms with van der Waals surface area (Å²) in [4.78, 5) is 38.5. The molecule has 11 nitrogen and oxygen atoms in total. The van der Waals surface area contributed by atoms with Gasteiger partial charge in [-0.3, -0.25) is 9.59 Å². The summed E-state index contributed by atoms with van der Waals surface area (Å²) in [5.74, 6) is 1.13. The lowest BCUT2D eigenvalue weighted by molar-refractivity contribution is 0.111. The first-order valence-electron chi connectivity index (χ1n) is 16.1. The van der Waals surface area contributed by atoms with Crippen molar-refractivity contribution >= 4 is 35.5 Å². The van der Waals surface area contributed by atoms with Crippen LogP contribution < -0.4 is 26.0 Å². The molecule has 0 radical (unpaired) electrons. The van der Waals surface area contributed by atoms with Crippen molar-refractivity contribution in [1.82, 2.24) is 24.4 Å². The van der Waals surface area contributed by atoms with Crippen LogP contribution in [0.4, 0.5) is 23.0 Å². The van der Waals surface area contributed by atoms with Crippen LogP contribution in [0.5, 0.6) is 0 Å². The molecular formula is C36H44N8O3. The van der Waals surface area contributed by atoms with Crippen LogP contribution in [-0.2, 0) is 26.5 Å². The first-order valence-corrected chi connectivity index (χ1v) is 16.1. The van der Waals surface area contributed by atoms with Crippen molar-refractivity contribution in [1.29, 1.82) is 0 Å². The predicted molar refractivity (Wildman–Crippen MR) is 187 cm³/mol.